The Hall–Kier alpha value is -6.57. The van der Waals surface area contributed by atoms with Gasteiger partial charge in [-0.2, -0.15) is 0 Å². The molecular weight excluding hydrogens is 603 g/mol. The van der Waals surface area contributed by atoms with Gasteiger partial charge in [-0.1, -0.05) is 170 Å². The third-order valence-electron chi connectivity index (χ3n) is 10.2. The maximum Gasteiger partial charge on any atom is 0.0788 e. The third kappa shape index (κ3) is 4.67. The molecule has 0 saturated carbocycles. The molecule has 10 rings (SSSR count). The normalized spacial score (nSPS) is 11.6. The molecule has 0 N–H and O–H groups in total. The number of benzene rings is 9. The fourth-order valence-corrected chi connectivity index (χ4v) is 7.77. The van der Waals surface area contributed by atoms with Gasteiger partial charge in [-0.05, 0) is 88.9 Å². The van der Waals surface area contributed by atoms with Gasteiger partial charge >= 0.3 is 0 Å². The maximum atomic E-state index is 5.27. The summed E-state index contributed by atoms with van der Waals surface area (Å²) in [5, 5.41) is 12.6. The lowest BCUT2D eigenvalue weighted by molar-refractivity contribution is 1.35. The third-order valence-corrected chi connectivity index (χ3v) is 10.2. The summed E-state index contributed by atoms with van der Waals surface area (Å²) >= 11 is 0. The Balaban J connectivity index is 1.05. The monoisotopic (exact) mass is 633 g/mol. The largest absolute Gasteiger partial charge is 0.247 e. The molecule has 50 heavy (non-hydrogen) atoms. The van der Waals surface area contributed by atoms with Gasteiger partial charge in [-0.15, -0.1) is 0 Å². The van der Waals surface area contributed by atoms with Crippen LogP contribution in [0.2, 0.25) is 0 Å². The zero-order valence-electron chi connectivity index (χ0n) is 27.3. The molecule has 0 aliphatic heterocycles. The molecule has 0 amide bonds. The number of rotatable bonds is 4. The fraction of sp³-hybridized carbons (Fsp3) is 0. The molecule has 0 atom stereocenters. The smallest absolute Gasteiger partial charge is 0.0788 e. The predicted octanol–water partition coefficient (Wildman–Crippen LogP) is 13.5. The van der Waals surface area contributed by atoms with Gasteiger partial charge in [0.2, 0.25) is 0 Å². The Labute approximate surface area is 290 Å². The van der Waals surface area contributed by atoms with E-state index in [1.165, 1.54) is 76.1 Å². The quantitative estimate of drug-likeness (QED) is 0.176. The minimum Gasteiger partial charge on any atom is -0.247 e. The highest BCUT2D eigenvalue weighted by molar-refractivity contribution is 6.25. The zero-order valence-corrected chi connectivity index (χ0v) is 27.3. The van der Waals surface area contributed by atoms with Crippen molar-refractivity contribution in [3.63, 3.8) is 0 Å². The molecule has 9 aromatic carbocycles. The molecule has 0 saturated heterocycles. The second-order valence-electron chi connectivity index (χ2n) is 13.1. The van der Waals surface area contributed by atoms with Crippen LogP contribution in [-0.4, -0.2) is 4.98 Å². The van der Waals surface area contributed by atoms with E-state index in [2.05, 4.69) is 188 Å². The molecule has 0 bridgehead atoms. The van der Waals surface area contributed by atoms with Crippen LogP contribution in [0.5, 0.6) is 0 Å². The maximum absolute atomic E-state index is 5.27. The molecule has 10 aromatic rings. The van der Waals surface area contributed by atoms with Crippen LogP contribution in [0.1, 0.15) is 0 Å². The molecule has 1 heteroatoms. The first-order valence-corrected chi connectivity index (χ1v) is 17.2. The summed E-state index contributed by atoms with van der Waals surface area (Å²) in [4.78, 5) is 5.27. The van der Waals surface area contributed by atoms with Crippen LogP contribution in [0.3, 0.4) is 0 Å². The lowest BCUT2D eigenvalue weighted by atomic mass is 9.91. The van der Waals surface area contributed by atoms with Crippen LogP contribution in [0.25, 0.3) is 98.6 Å². The van der Waals surface area contributed by atoms with Gasteiger partial charge in [0, 0.05) is 16.5 Å². The zero-order chi connectivity index (χ0) is 33.0. The van der Waals surface area contributed by atoms with Gasteiger partial charge in [-0.3, -0.25) is 0 Å². The molecule has 0 fully saturated rings. The van der Waals surface area contributed by atoms with Gasteiger partial charge in [0.05, 0.1) is 11.4 Å². The Morgan fingerprint density at radius 3 is 1.44 bits per heavy atom. The van der Waals surface area contributed by atoms with Crippen LogP contribution in [0, 0.1) is 0 Å². The molecule has 0 radical (unpaired) electrons. The van der Waals surface area contributed by atoms with Gasteiger partial charge < -0.3 is 0 Å². The van der Waals surface area contributed by atoms with Crippen LogP contribution < -0.4 is 0 Å². The van der Waals surface area contributed by atoms with Crippen LogP contribution >= 0.6 is 0 Å². The Kier molecular flexibility index (Phi) is 6.57. The molecule has 0 unspecified atom stereocenters. The minimum absolute atomic E-state index is 0.976. The number of fused-ring (bicyclic) bond motifs is 9. The number of hydrogen-bond donors (Lipinski definition) is 0. The van der Waals surface area contributed by atoms with E-state index in [1.54, 1.807) is 0 Å². The lowest BCUT2D eigenvalue weighted by Gasteiger charge is -2.13. The molecule has 1 nitrogen and oxygen atoms in total. The molecule has 0 aliphatic rings. The van der Waals surface area contributed by atoms with Crippen molar-refractivity contribution in [2.75, 3.05) is 0 Å². The van der Waals surface area contributed by atoms with Gasteiger partial charge in [0.15, 0.2) is 0 Å². The number of aromatic nitrogens is 1. The molecule has 1 heterocycles. The summed E-state index contributed by atoms with van der Waals surface area (Å²) in [5.74, 6) is 0. The lowest BCUT2D eigenvalue weighted by Crippen LogP contribution is -1.92. The first-order chi connectivity index (χ1) is 24.8. The summed E-state index contributed by atoms with van der Waals surface area (Å²) in [7, 11) is 0. The second-order valence-corrected chi connectivity index (χ2v) is 13.1. The Morgan fingerprint density at radius 1 is 0.240 bits per heavy atom. The number of pyridine rings is 1. The Morgan fingerprint density at radius 2 is 0.720 bits per heavy atom. The minimum atomic E-state index is 0.976. The first-order valence-electron chi connectivity index (χ1n) is 17.2. The van der Waals surface area contributed by atoms with Crippen molar-refractivity contribution in [3.8, 4) is 44.8 Å². The van der Waals surface area contributed by atoms with Crippen molar-refractivity contribution >= 4 is 53.9 Å². The van der Waals surface area contributed by atoms with Gasteiger partial charge in [0.25, 0.3) is 0 Å². The standard InChI is InChI=1S/C49H31N/c1-2-12-35(13-3-1)49-45-28-25-33-11-4-5-16-39(33)47(45)31-48(50-49)34-23-21-32(22-24-34)36-14-10-15-37(29-36)38-26-27-44-42-19-7-6-17-40(42)41-18-8-9-20-43(41)46(44)30-38/h1-31H. The van der Waals surface area contributed by atoms with E-state index in [1.807, 2.05) is 0 Å². The van der Waals surface area contributed by atoms with E-state index < -0.39 is 0 Å². The van der Waals surface area contributed by atoms with Crippen molar-refractivity contribution in [2.45, 2.75) is 0 Å². The average molecular weight is 634 g/mol. The first kappa shape index (κ1) is 28.4. The molecule has 0 spiro atoms. The molecular formula is C49H31N. The van der Waals surface area contributed by atoms with Gasteiger partial charge in [-0.25, -0.2) is 4.98 Å². The molecule has 1 aromatic heterocycles. The van der Waals surface area contributed by atoms with Crippen LogP contribution in [0.4, 0.5) is 0 Å². The molecule has 232 valence electrons. The highest BCUT2D eigenvalue weighted by Gasteiger charge is 2.14. The summed E-state index contributed by atoms with van der Waals surface area (Å²) in [6.45, 7) is 0. The number of hydrogen-bond acceptors (Lipinski definition) is 1. The number of nitrogens with zero attached hydrogens (tertiary/aromatic N) is 1. The van der Waals surface area contributed by atoms with Crippen molar-refractivity contribution in [1.82, 2.24) is 4.98 Å². The van der Waals surface area contributed by atoms with Crippen molar-refractivity contribution in [3.05, 3.63) is 188 Å². The van der Waals surface area contributed by atoms with E-state index in [-0.39, 0.29) is 0 Å². The van der Waals surface area contributed by atoms with Crippen LogP contribution in [-0.2, 0) is 0 Å². The fourth-order valence-electron chi connectivity index (χ4n) is 7.77. The highest BCUT2D eigenvalue weighted by Crippen LogP contribution is 2.39. The Bertz CT molecular complexity index is 2870. The summed E-state index contributed by atoms with van der Waals surface area (Å²) in [6.07, 6.45) is 0. The summed E-state index contributed by atoms with van der Waals surface area (Å²) in [6, 6.07) is 68.1. The predicted molar refractivity (Wildman–Crippen MR) is 214 cm³/mol. The highest BCUT2D eigenvalue weighted by atomic mass is 14.7. The average Bonchev–Trinajstić information content (AvgIpc) is 3.20. The van der Waals surface area contributed by atoms with E-state index >= 15 is 0 Å². The summed E-state index contributed by atoms with van der Waals surface area (Å²) in [5.41, 5.74) is 9.02. The SMILES string of the molecule is c1ccc(-c2nc(-c3ccc(-c4cccc(-c5ccc6c7ccccc7c7ccccc7c6c5)c4)cc3)cc3c2ccc2ccccc23)cc1. The van der Waals surface area contributed by atoms with E-state index in [0.717, 1.165) is 22.5 Å². The van der Waals surface area contributed by atoms with Gasteiger partial charge in [0.1, 0.15) is 0 Å². The molecule has 0 aliphatic carbocycles. The van der Waals surface area contributed by atoms with Crippen molar-refractivity contribution in [1.29, 1.82) is 0 Å². The van der Waals surface area contributed by atoms with Crippen molar-refractivity contribution < 1.29 is 0 Å². The summed E-state index contributed by atoms with van der Waals surface area (Å²) < 4.78 is 0. The van der Waals surface area contributed by atoms with E-state index in [9.17, 15) is 0 Å². The van der Waals surface area contributed by atoms with Crippen molar-refractivity contribution in [2.24, 2.45) is 0 Å². The van der Waals surface area contributed by atoms with Crippen LogP contribution in [0.15, 0.2) is 188 Å². The topological polar surface area (TPSA) is 12.9 Å². The second kappa shape index (κ2) is 11.5. The van der Waals surface area contributed by atoms with E-state index in [0.29, 0.717) is 0 Å². The van der Waals surface area contributed by atoms with E-state index in [4.69, 9.17) is 4.98 Å².